The van der Waals surface area contributed by atoms with Gasteiger partial charge >= 0.3 is 6.18 Å². The van der Waals surface area contributed by atoms with E-state index in [9.17, 15) is 18.3 Å². The summed E-state index contributed by atoms with van der Waals surface area (Å²) in [5.74, 6) is 0. The fourth-order valence-electron chi connectivity index (χ4n) is 2.33. The maximum absolute atomic E-state index is 12.9. The van der Waals surface area contributed by atoms with Crippen LogP contribution in [0.2, 0.25) is 0 Å². The second kappa shape index (κ2) is 4.31. The Balaban J connectivity index is 2.58. The van der Waals surface area contributed by atoms with Crippen LogP contribution in [0.3, 0.4) is 0 Å². The number of hydrogen-bond acceptors (Lipinski definition) is 2. The average Bonchev–Trinajstić information content (AvgIpc) is 2.39. The van der Waals surface area contributed by atoms with Gasteiger partial charge in [-0.15, -0.1) is 0 Å². The first-order chi connectivity index (χ1) is 7.91. The number of benzene rings is 1. The Kier molecular flexibility index (Phi) is 3.14. The highest BCUT2D eigenvalue weighted by molar-refractivity contribution is 5.40. The molecule has 0 saturated carbocycles. The van der Waals surface area contributed by atoms with Gasteiger partial charge in [0.15, 0.2) is 0 Å². The summed E-state index contributed by atoms with van der Waals surface area (Å²) in [6.07, 6.45) is -3.91. The number of alkyl halides is 3. The third-order valence-corrected chi connectivity index (χ3v) is 3.19. The fraction of sp³-hybridized carbons (Fsp3) is 0.500. The predicted molar refractivity (Wildman–Crippen MR) is 57.3 cm³/mol. The van der Waals surface area contributed by atoms with Gasteiger partial charge in [-0.05, 0) is 36.5 Å². The molecule has 0 aliphatic heterocycles. The van der Waals surface area contributed by atoms with Crippen molar-refractivity contribution in [1.29, 1.82) is 0 Å². The predicted octanol–water partition coefficient (Wildman–Crippen LogP) is 2.40. The molecule has 3 N–H and O–H groups in total. The molecule has 1 aliphatic rings. The van der Waals surface area contributed by atoms with Crippen molar-refractivity contribution in [3.8, 4) is 0 Å². The smallest absolute Gasteiger partial charge is 0.387 e. The van der Waals surface area contributed by atoms with Crippen molar-refractivity contribution in [2.75, 3.05) is 0 Å². The maximum atomic E-state index is 12.9. The lowest BCUT2D eigenvalue weighted by Crippen LogP contribution is -2.29. The molecule has 2 atom stereocenters. The number of aliphatic hydroxyl groups excluding tert-OH is 1. The standard InChI is InChI=1S/C12H14F3NO/c13-12(14,15)8-5-1-3-7-4-2-6-9(16)11(17)10(7)8/h1,3,5,9,11,17H,2,4,6,16H2/t9-,11+/m1/s1. The number of nitrogens with two attached hydrogens (primary N) is 1. The van der Waals surface area contributed by atoms with Crippen LogP contribution in [0, 0.1) is 0 Å². The zero-order valence-electron chi connectivity index (χ0n) is 9.17. The van der Waals surface area contributed by atoms with E-state index >= 15 is 0 Å². The first-order valence-electron chi connectivity index (χ1n) is 5.54. The zero-order chi connectivity index (χ0) is 12.6. The minimum Gasteiger partial charge on any atom is -0.387 e. The lowest BCUT2D eigenvalue weighted by atomic mass is 9.93. The van der Waals surface area contributed by atoms with E-state index in [4.69, 9.17) is 5.73 Å². The van der Waals surface area contributed by atoms with E-state index in [1.54, 1.807) is 6.07 Å². The minimum atomic E-state index is -4.45. The third-order valence-electron chi connectivity index (χ3n) is 3.19. The van der Waals surface area contributed by atoms with E-state index in [0.717, 1.165) is 6.07 Å². The monoisotopic (exact) mass is 245 g/mol. The molecule has 1 aromatic rings. The van der Waals surface area contributed by atoms with Gasteiger partial charge < -0.3 is 10.8 Å². The SMILES string of the molecule is N[C@@H]1CCCc2cccc(C(F)(F)F)c2[C@H]1O. The molecule has 1 aliphatic carbocycles. The Labute approximate surface area is 97.2 Å². The summed E-state index contributed by atoms with van der Waals surface area (Å²) in [7, 11) is 0. The van der Waals surface area contributed by atoms with Crippen molar-refractivity contribution in [2.45, 2.75) is 37.6 Å². The molecule has 2 nitrogen and oxygen atoms in total. The van der Waals surface area contributed by atoms with Crippen molar-refractivity contribution in [3.05, 3.63) is 34.9 Å². The molecule has 0 unspecified atom stereocenters. The van der Waals surface area contributed by atoms with Crippen molar-refractivity contribution in [1.82, 2.24) is 0 Å². The van der Waals surface area contributed by atoms with E-state index < -0.39 is 23.9 Å². The molecule has 1 aromatic carbocycles. The highest BCUT2D eigenvalue weighted by Gasteiger charge is 2.37. The molecule has 0 amide bonds. The van der Waals surface area contributed by atoms with Gasteiger partial charge in [-0.25, -0.2) is 0 Å². The van der Waals surface area contributed by atoms with Gasteiger partial charge in [0, 0.05) is 6.04 Å². The highest BCUT2D eigenvalue weighted by atomic mass is 19.4. The number of halogens is 3. The number of aliphatic hydroxyl groups is 1. The largest absolute Gasteiger partial charge is 0.416 e. The van der Waals surface area contributed by atoms with E-state index in [0.29, 0.717) is 24.8 Å². The molecule has 0 saturated heterocycles. The Morgan fingerprint density at radius 2 is 2.00 bits per heavy atom. The molecule has 0 radical (unpaired) electrons. The second-order valence-electron chi connectivity index (χ2n) is 4.38. The Morgan fingerprint density at radius 3 is 2.65 bits per heavy atom. The number of aryl methyl sites for hydroxylation is 1. The lowest BCUT2D eigenvalue weighted by molar-refractivity contribution is -0.139. The van der Waals surface area contributed by atoms with Gasteiger partial charge in [-0.3, -0.25) is 0 Å². The first-order valence-corrected chi connectivity index (χ1v) is 5.54. The molecule has 0 aromatic heterocycles. The van der Waals surface area contributed by atoms with Crippen molar-refractivity contribution >= 4 is 0 Å². The molecule has 0 heterocycles. The molecule has 0 fully saturated rings. The van der Waals surface area contributed by atoms with Crippen LogP contribution in [0.25, 0.3) is 0 Å². The third kappa shape index (κ3) is 2.30. The molecular formula is C12H14F3NO. The van der Waals surface area contributed by atoms with Crippen molar-refractivity contribution in [3.63, 3.8) is 0 Å². The summed E-state index contributed by atoms with van der Waals surface area (Å²) in [6, 6.07) is 3.39. The number of fused-ring (bicyclic) bond motifs is 1. The van der Waals surface area contributed by atoms with Crippen LogP contribution in [0.4, 0.5) is 13.2 Å². The van der Waals surface area contributed by atoms with Crippen LogP contribution >= 0.6 is 0 Å². The minimum absolute atomic E-state index is 0.0370. The molecule has 17 heavy (non-hydrogen) atoms. The first kappa shape index (κ1) is 12.4. The van der Waals surface area contributed by atoms with Gasteiger partial charge in [0.05, 0.1) is 11.7 Å². The summed E-state index contributed by atoms with van der Waals surface area (Å²) < 4.78 is 38.6. The van der Waals surface area contributed by atoms with Gasteiger partial charge in [0.2, 0.25) is 0 Å². The van der Waals surface area contributed by atoms with E-state index in [-0.39, 0.29) is 5.56 Å². The average molecular weight is 245 g/mol. The molecule has 94 valence electrons. The lowest BCUT2D eigenvalue weighted by Gasteiger charge is -2.22. The second-order valence-corrected chi connectivity index (χ2v) is 4.38. The van der Waals surface area contributed by atoms with Crippen molar-refractivity contribution in [2.24, 2.45) is 5.73 Å². The van der Waals surface area contributed by atoms with Gasteiger partial charge in [-0.1, -0.05) is 12.1 Å². The molecular weight excluding hydrogens is 231 g/mol. The molecule has 5 heteroatoms. The fourth-order valence-corrected chi connectivity index (χ4v) is 2.33. The maximum Gasteiger partial charge on any atom is 0.416 e. The van der Waals surface area contributed by atoms with E-state index in [2.05, 4.69) is 0 Å². The van der Waals surface area contributed by atoms with Crippen LogP contribution in [-0.2, 0) is 12.6 Å². The quantitative estimate of drug-likeness (QED) is 0.689. The van der Waals surface area contributed by atoms with E-state index in [1.807, 2.05) is 0 Å². The Bertz CT molecular complexity index is 417. The van der Waals surface area contributed by atoms with Gasteiger partial charge in [-0.2, -0.15) is 13.2 Å². The van der Waals surface area contributed by atoms with Crippen LogP contribution < -0.4 is 5.73 Å². The van der Waals surface area contributed by atoms with Crippen LogP contribution in [-0.4, -0.2) is 11.1 Å². The molecule has 2 rings (SSSR count). The van der Waals surface area contributed by atoms with E-state index in [1.165, 1.54) is 6.07 Å². The number of rotatable bonds is 0. The summed E-state index contributed by atoms with van der Waals surface area (Å²) in [6.45, 7) is 0. The summed E-state index contributed by atoms with van der Waals surface area (Å²) >= 11 is 0. The van der Waals surface area contributed by atoms with Crippen LogP contribution in [0.5, 0.6) is 0 Å². The van der Waals surface area contributed by atoms with Gasteiger partial charge in [0.1, 0.15) is 0 Å². The normalized spacial score (nSPS) is 25.2. The molecule has 0 spiro atoms. The van der Waals surface area contributed by atoms with Crippen LogP contribution in [0.1, 0.15) is 35.6 Å². The topological polar surface area (TPSA) is 46.2 Å². The summed E-state index contributed by atoms with van der Waals surface area (Å²) in [5.41, 5.74) is 5.44. The Morgan fingerprint density at radius 1 is 1.29 bits per heavy atom. The summed E-state index contributed by atoms with van der Waals surface area (Å²) in [5, 5.41) is 9.93. The zero-order valence-corrected chi connectivity index (χ0v) is 9.17. The highest BCUT2D eigenvalue weighted by Crippen LogP contribution is 2.39. The Hall–Kier alpha value is -1.07. The van der Waals surface area contributed by atoms with Crippen LogP contribution in [0.15, 0.2) is 18.2 Å². The van der Waals surface area contributed by atoms with Crippen molar-refractivity contribution < 1.29 is 18.3 Å². The molecule has 0 bridgehead atoms. The number of hydrogen-bond donors (Lipinski definition) is 2. The van der Waals surface area contributed by atoms with Gasteiger partial charge in [0.25, 0.3) is 0 Å². The summed E-state index contributed by atoms with van der Waals surface area (Å²) in [4.78, 5) is 0.